The van der Waals surface area contributed by atoms with E-state index >= 15 is 4.39 Å². The lowest BCUT2D eigenvalue weighted by Gasteiger charge is -2.41. The number of fused-ring (bicyclic) bond motifs is 2. The summed E-state index contributed by atoms with van der Waals surface area (Å²) >= 11 is 6.16. The lowest BCUT2D eigenvalue weighted by atomic mass is 9.83. The second-order valence-electron chi connectivity index (χ2n) is 14.1. The topological polar surface area (TPSA) is 161 Å². The summed E-state index contributed by atoms with van der Waals surface area (Å²) in [5, 5.41) is 56.0. The van der Waals surface area contributed by atoms with E-state index in [1.807, 2.05) is 9.80 Å². The minimum Gasteiger partial charge on any atom is -0.394 e. The highest BCUT2D eigenvalue weighted by atomic mass is 35.5. The first-order valence-electron chi connectivity index (χ1n) is 17.1. The molecule has 9 atom stereocenters. The Balaban J connectivity index is 0.937. The molecule has 7 N–H and O–H groups in total. The van der Waals surface area contributed by atoms with Gasteiger partial charge in [-0.05, 0) is 56.8 Å². The van der Waals surface area contributed by atoms with Crippen LogP contribution in [0.5, 0.6) is 0 Å². The van der Waals surface area contributed by atoms with Gasteiger partial charge in [0, 0.05) is 77.3 Å². The van der Waals surface area contributed by atoms with Crippen LogP contribution in [-0.4, -0.2) is 166 Å². The maximum Gasteiger partial charge on any atom is 0.223 e. The van der Waals surface area contributed by atoms with E-state index in [9.17, 15) is 25.2 Å². The Bertz CT molecular complexity index is 931. The lowest BCUT2D eigenvalue weighted by Crippen LogP contribution is -2.62. The number of aliphatic hydroxyl groups excluding tert-OH is 5. The molecule has 5 fully saturated rings. The zero-order valence-electron chi connectivity index (χ0n) is 26.3. The summed E-state index contributed by atoms with van der Waals surface area (Å²) in [6.45, 7) is 4.85. The van der Waals surface area contributed by atoms with Crippen molar-refractivity contribution in [1.82, 2.24) is 25.3 Å². The Morgan fingerprint density at radius 1 is 0.956 bits per heavy atom. The van der Waals surface area contributed by atoms with Crippen molar-refractivity contribution in [2.24, 2.45) is 11.8 Å². The van der Waals surface area contributed by atoms with Crippen molar-refractivity contribution < 1.29 is 39.5 Å². The number of nitrogens with one attached hydrogen (secondary N) is 2. The zero-order chi connectivity index (χ0) is 32.1. The van der Waals surface area contributed by atoms with Crippen LogP contribution in [0.4, 0.5) is 4.39 Å². The molecule has 0 spiro atoms. The highest BCUT2D eigenvalue weighted by Gasteiger charge is 2.47. The fourth-order valence-corrected chi connectivity index (χ4v) is 8.24. The number of alkyl halides is 2. The summed E-state index contributed by atoms with van der Waals surface area (Å²) in [5.41, 5.74) is 0. The molecule has 14 heteroatoms. The summed E-state index contributed by atoms with van der Waals surface area (Å²) in [7, 11) is 0. The van der Waals surface area contributed by atoms with Crippen LogP contribution in [0.3, 0.4) is 0 Å². The SMILES string of the molecule is O=C(CC1CCC(OCCCC2CCN(C3NCC(Cl)CN3)CC2)CC1F)N1C[C@@H]2C[C@H]1CN2C[C@H](O)[C@@H](O)[C@H](O)[C@H](O)CO. The van der Waals surface area contributed by atoms with Crippen LogP contribution in [0.2, 0.25) is 0 Å². The predicted octanol–water partition coefficient (Wildman–Crippen LogP) is -0.803. The molecule has 5 rings (SSSR count). The van der Waals surface area contributed by atoms with Gasteiger partial charge in [-0.2, -0.15) is 0 Å². The van der Waals surface area contributed by atoms with Gasteiger partial charge >= 0.3 is 0 Å². The molecule has 1 amide bonds. The number of nitrogens with zero attached hydrogens (tertiary/aromatic N) is 3. The van der Waals surface area contributed by atoms with Gasteiger partial charge in [0.1, 0.15) is 30.8 Å². The van der Waals surface area contributed by atoms with Gasteiger partial charge in [0.05, 0.1) is 24.2 Å². The predicted molar refractivity (Wildman–Crippen MR) is 166 cm³/mol. The third-order valence-corrected chi connectivity index (χ3v) is 11.2. The van der Waals surface area contributed by atoms with Gasteiger partial charge in [0.2, 0.25) is 5.91 Å². The first-order valence-corrected chi connectivity index (χ1v) is 17.5. The fourth-order valence-electron chi connectivity index (χ4n) is 8.06. The van der Waals surface area contributed by atoms with Gasteiger partial charge in [-0.1, -0.05) is 0 Å². The maximum absolute atomic E-state index is 15.2. The average molecular weight is 664 g/mol. The Morgan fingerprint density at radius 3 is 2.31 bits per heavy atom. The number of rotatable bonds is 14. The molecule has 260 valence electrons. The van der Waals surface area contributed by atoms with Crippen molar-refractivity contribution in [2.45, 2.75) is 118 Å². The summed E-state index contributed by atoms with van der Waals surface area (Å²) < 4.78 is 21.3. The molecule has 4 heterocycles. The molecule has 2 bridgehead atoms. The fraction of sp³-hybridized carbons (Fsp3) is 0.968. The molecule has 12 nitrogen and oxygen atoms in total. The molecule has 5 aliphatic rings. The van der Waals surface area contributed by atoms with Crippen LogP contribution < -0.4 is 10.6 Å². The largest absolute Gasteiger partial charge is 0.394 e. The number of ether oxygens (including phenoxy) is 1. The quantitative estimate of drug-likeness (QED) is 0.0921. The number of carbonyl (C=O) groups is 1. The van der Waals surface area contributed by atoms with Crippen LogP contribution in [0.25, 0.3) is 0 Å². The average Bonchev–Trinajstić information content (AvgIpc) is 3.65. The van der Waals surface area contributed by atoms with E-state index in [0.29, 0.717) is 38.5 Å². The third-order valence-electron chi connectivity index (χ3n) is 10.9. The molecule has 45 heavy (non-hydrogen) atoms. The van der Waals surface area contributed by atoms with Gasteiger partial charge in [-0.3, -0.25) is 25.2 Å². The standard InChI is InChI=1S/C31H55ClFN5O7/c32-21-13-34-31(35-14-21)36-7-5-19(6-8-36)2-1-9-45-24-4-3-20(25(33)12-24)10-28(42)38-16-22-11-23(38)15-37(22)17-26(40)29(43)30(44)27(41)18-39/h19-27,29-31,34-35,39-41,43-44H,1-18H2/t20?,21?,22-,23-,24?,25?,26-,27+,29+,30+,31?/m0/s1. The first-order chi connectivity index (χ1) is 21.6. The number of likely N-dealkylation sites (tertiary alicyclic amines) is 3. The highest BCUT2D eigenvalue weighted by molar-refractivity contribution is 6.21. The van der Waals surface area contributed by atoms with Gasteiger partial charge in [0.25, 0.3) is 0 Å². The van der Waals surface area contributed by atoms with Crippen LogP contribution in [0, 0.1) is 11.8 Å². The monoisotopic (exact) mass is 663 g/mol. The molecule has 1 aliphatic carbocycles. The minimum absolute atomic E-state index is 0.0173. The normalized spacial score (nSPS) is 36.2. The molecule has 0 aromatic carbocycles. The molecule has 0 aromatic rings. The number of carbonyl (C=O) groups excluding carboxylic acids is 1. The smallest absolute Gasteiger partial charge is 0.223 e. The number of piperazine rings is 1. The van der Waals surface area contributed by atoms with Gasteiger partial charge in [-0.15, -0.1) is 11.6 Å². The molecule has 0 radical (unpaired) electrons. The van der Waals surface area contributed by atoms with Crippen LogP contribution in [-0.2, 0) is 9.53 Å². The summed E-state index contributed by atoms with van der Waals surface area (Å²) in [5.74, 6) is 0.381. The Labute approximate surface area is 271 Å². The number of piperidine rings is 1. The number of amides is 1. The second-order valence-corrected chi connectivity index (χ2v) is 14.7. The van der Waals surface area contributed by atoms with E-state index in [-0.39, 0.29) is 54.6 Å². The summed E-state index contributed by atoms with van der Waals surface area (Å²) in [4.78, 5) is 19.5. The third kappa shape index (κ3) is 9.26. The molecule has 3 unspecified atom stereocenters. The summed E-state index contributed by atoms with van der Waals surface area (Å²) in [6, 6.07) is -0.00677. The number of hydrogen-bond acceptors (Lipinski definition) is 11. The van der Waals surface area contributed by atoms with Gasteiger partial charge < -0.3 is 35.2 Å². The molecule has 4 saturated heterocycles. The van der Waals surface area contributed by atoms with E-state index in [1.165, 1.54) is 12.8 Å². The van der Waals surface area contributed by atoms with Crippen molar-refractivity contribution in [3.8, 4) is 0 Å². The second kappa shape index (κ2) is 16.6. The van der Waals surface area contributed by atoms with Crippen molar-refractivity contribution in [1.29, 1.82) is 0 Å². The number of hydrogen-bond donors (Lipinski definition) is 7. The molecule has 1 saturated carbocycles. The molecule has 0 aromatic heterocycles. The maximum atomic E-state index is 15.2. The van der Waals surface area contributed by atoms with E-state index in [0.717, 1.165) is 51.9 Å². The summed E-state index contributed by atoms with van der Waals surface area (Å²) in [6.07, 6.45) is 0.163. The lowest BCUT2D eigenvalue weighted by molar-refractivity contribution is -0.137. The van der Waals surface area contributed by atoms with Crippen molar-refractivity contribution in [3.63, 3.8) is 0 Å². The van der Waals surface area contributed by atoms with Crippen LogP contribution in [0.15, 0.2) is 0 Å². The van der Waals surface area contributed by atoms with Crippen molar-refractivity contribution >= 4 is 17.5 Å². The molecule has 4 aliphatic heterocycles. The Hall–Kier alpha value is -0.710. The Morgan fingerprint density at radius 2 is 1.67 bits per heavy atom. The van der Waals surface area contributed by atoms with Crippen LogP contribution >= 0.6 is 11.6 Å². The number of β-amino-alcohol motifs (C(OH)–C–C–N with tert-alkyl or cyclic N) is 1. The zero-order valence-corrected chi connectivity index (χ0v) is 27.1. The van der Waals surface area contributed by atoms with Gasteiger partial charge in [0.15, 0.2) is 0 Å². The van der Waals surface area contributed by atoms with E-state index < -0.39 is 37.2 Å². The highest BCUT2D eigenvalue weighted by Crippen LogP contribution is 2.36. The van der Waals surface area contributed by atoms with E-state index in [4.69, 9.17) is 21.4 Å². The van der Waals surface area contributed by atoms with E-state index in [1.54, 1.807) is 0 Å². The first kappa shape index (κ1) is 35.6. The number of aliphatic hydroxyl groups is 5. The van der Waals surface area contributed by atoms with Crippen molar-refractivity contribution in [3.05, 3.63) is 0 Å². The van der Waals surface area contributed by atoms with E-state index in [2.05, 4.69) is 15.5 Å². The van der Waals surface area contributed by atoms with Crippen LogP contribution in [0.1, 0.15) is 57.8 Å². The van der Waals surface area contributed by atoms with Crippen molar-refractivity contribution in [2.75, 3.05) is 59.0 Å². The van der Waals surface area contributed by atoms with Gasteiger partial charge in [-0.25, -0.2) is 4.39 Å². The molecular weight excluding hydrogens is 609 g/mol. The molecular formula is C31H55ClFN5O7. The minimum atomic E-state index is -1.66. The number of halogens is 2. The Kier molecular flexibility index (Phi) is 13.1.